The van der Waals surface area contributed by atoms with Gasteiger partial charge in [0.2, 0.25) is 0 Å². The molecular formula is C12H12ClF2NO3S. The molecule has 20 heavy (non-hydrogen) atoms. The number of carbonyl (C=O) groups is 1. The van der Waals surface area contributed by atoms with Crippen molar-refractivity contribution in [1.29, 1.82) is 0 Å². The Morgan fingerprint density at radius 2 is 1.95 bits per heavy atom. The first-order valence-electron chi connectivity index (χ1n) is 5.93. The quantitative estimate of drug-likeness (QED) is 0.869. The van der Waals surface area contributed by atoms with E-state index < -0.39 is 37.1 Å². The molecule has 1 amide bonds. The molecule has 1 fully saturated rings. The lowest BCUT2D eigenvalue weighted by atomic mass is 9.82. The van der Waals surface area contributed by atoms with Gasteiger partial charge >= 0.3 is 0 Å². The summed E-state index contributed by atoms with van der Waals surface area (Å²) in [4.78, 5) is 10.8. The zero-order chi connectivity index (χ0) is 15.1. The van der Waals surface area contributed by atoms with E-state index in [2.05, 4.69) is 5.32 Å². The van der Waals surface area contributed by atoms with E-state index in [1.807, 2.05) is 6.92 Å². The van der Waals surface area contributed by atoms with Gasteiger partial charge in [-0.25, -0.2) is 17.2 Å². The lowest BCUT2D eigenvalue weighted by Gasteiger charge is -2.33. The molecule has 0 atom stereocenters. The maximum absolute atomic E-state index is 14.0. The summed E-state index contributed by atoms with van der Waals surface area (Å²) in [5.41, 5.74) is -0.663. The number of nitrogens with one attached hydrogen (secondary N) is 1. The van der Waals surface area contributed by atoms with Crippen molar-refractivity contribution >= 4 is 25.6 Å². The highest BCUT2D eigenvalue weighted by Gasteiger charge is 2.29. The molecule has 0 radical (unpaired) electrons. The van der Waals surface area contributed by atoms with Gasteiger partial charge in [0.05, 0.1) is 5.56 Å². The van der Waals surface area contributed by atoms with Gasteiger partial charge in [-0.05, 0) is 30.9 Å². The molecule has 4 nitrogen and oxygen atoms in total. The van der Waals surface area contributed by atoms with Gasteiger partial charge in [-0.15, -0.1) is 0 Å². The second-order valence-electron chi connectivity index (χ2n) is 4.95. The average Bonchev–Trinajstić information content (AvgIpc) is 2.28. The molecule has 8 heteroatoms. The van der Waals surface area contributed by atoms with E-state index in [-0.39, 0.29) is 6.04 Å². The first-order valence-corrected chi connectivity index (χ1v) is 8.24. The van der Waals surface area contributed by atoms with E-state index in [0.717, 1.165) is 12.8 Å². The van der Waals surface area contributed by atoms with Crippen LogP contribution in [0.2, 0.25) is 0 Å². The van der Waals surface area contributed by atoms with Crippen LogP contribution in [0, 0.1) is 17.6 Å². The molecule has 1 N–H and O–H groups in total. The molecule has 1 aromatic carbocycles. The molecule has 0 aromatic heterocycles. The molecule has 1 saturated carbocycles. The van der Waals surface area contributed by atoms with Crippen molar-refractivity contribution in [3.8, 4) is 0 Å². The Hall–Kier alpha value is -1.21. The normalized spacial score (nSPS) is 22.2. The average molecular weight is 324 g/mol. The molecule has 0 bridgehead atoms. The molecule has 0 saturated heterocycles. The summed E-state index contributed by atoms with van der Waals surface area (Å²) in [6, 6.07) is 0.995. The third-order valence-corrected chi connectivity index (χ3v) is 4.54. The third-order valence-electron chi connectivity index (χ3n) is 3.22. The van der Waals surface area contributed by atoms with Gasteiger partial charge in [-0.1, -0.05) is 6.92 Å². The van der Waals surface area contributed by atoms with E-state index in [9.17, 15) is 22.0 Å². The minimum Gasteiger partial charge on any atom is -0.349 e. The second kappa shape index (κ2) is 5.29. The Labute approximate surface area is 119 Å². The zero-order valence-corrected chi connectivity index (χ0v) is 12.1. The summed E-state index contributed by atoms with van der Waals surface area (Å²) >= 11 is 0. The molecule has 1 aliphatic carbocycles. The SMILES string of the molecule is CC1CC(NC(=O)c2cc(F)cc(S(=O)(=O)Cl)c2F)C1. The van der Waals surface area contributed by atoms with Crippen LogP contribution in [0.4, 0.5) is 8.78 Å². The van der Waals surface area contributed by atoms with Crippen LogP contribution in [-0.4, -0.2) is 20.4 Å². The van der Waals surface area contributed by atoms with E-state index in [4.69, 9.17) is 10.7 Å². The van der Waals surface area contributed by atoms with Crippen molar-refractivity contribution in [3.63, 3.8) is 0 Å². The summed E-state index contributed by atoms with van der Waals surface area (Å²) in [7, 11) is 0.546. The van der Waals surface area contributed by atoms with Crippen molar-refractivity contribution < 1.29 is 22.0 Å². The molecule has 1 aliphatic rings. The van der Waals surface area contributed by atoms with Crippen molar-refractivity contribution in [2.24, 2.45) is 5.92 Å². The Balaban J connectivity index is 2.32. The largest absolute Gasteiger partial charge is 0.349 e. The molecule has 1 aromatic rings. The van der Waals surface area contributed by atoms with Gasteiger partial charge in [0.25, 0.3) is 15.0 Å². The number of rotatable bonds is 3. The van der Waals surface area contributed by atoms with Crippen LogP contribution in [0.3, 0.4) is 0 Å². The van der Waals surface area contributed by atoms with Gasteiger partial charge in [0.1, 0.15) is 10.7 Å². The fourth-order valence-corrected chi connectivity index (χ4v) is 3.10. The van der Waals surface area contributed by atoms with Gasteiger partial charge < -0.3 is 5.32 Å². The highest BCUT2D eigenvalue weighted by atomic mass is 35.7. The van der Waals surface area contributed by atoms with Crippen molar-refractivity contribution in [1.82, 2.24) is 5.32 Å². The summed E-state index contributed by atoms with van der Waals surface area (Å²) in [6.45, 7) is 2.00. The highest BCUT2D eigenvalue weighted by Crippen LogP contribution is 2.28. The van der Waals surface area contributed by atoms with Gasteiger partial charge in [0.15, 0.2) is 5.82 Å². The summed E-state index contributed by atoms with van der Waals surface area (Å²) in [5, 5.41) is 2.53. The van der Waals surface area contributed by atoms with Crippen molar-refractivity contribution in [2.75, 3.05) is 0 Å². The first kappa shape index (κ1) is 15.2. The number of benzene rings is 1. The minimum absolute atomic E-state index is 0.101. The molecular weight excluding hydrogens is 312 g/mol. The van der Waals surface area contributed by atoms with E-state index in [1.54, 1.807) is 0 Å². The summed E-state index contributed by atoms with van der Waals surface area (Å²) < 4.78 is 49.6. The van der Waals surface area contributed by atoms with E-state index in [0.29, 0.717) is 18.1 Å². The van der Waals surface area contributed by atoms with Crippen LogP contribution < -0.4 is 5.32 Å². The Morgan fingerprint density at radius 1 is 1.35 bits per heavy atom. The molecule has 0 aliphatic heterocycles. The van der Waals surface area contributed by atoms with Gasteiger partial charge in [0, 0.05) is 16.7 Å². The van der Waals surface area contributed by atoms with Crippen LogP contribution in [0.25, 0.3) is 0 Å². The third kappa shape index (κ3) is 3.09. The Bertz CT molecular complexity index is 657. The maximum Gasteiger partial charge on any atom is 0.264 e. The highest BCUT2D eigenvalue weighted by molar-refractivity contribution is 8.13. The lowest BCUT2D eigenvalue weighted by molar-refractivity contribution is 0.0891. The molecule has 0 heterocycles. The molecule has 2 rings (SSSR count). The fourth-order valence-electron chi connectivity index (χ4n) is 2.19. The minimum atomic E-state index is -4.46. The lowest BCUT2D eigenvalue weighted by Crippen LogP contribution is -2.43. The standard InChI is InChI=1S/C12H12ClF2NO3S/c1-6-2-8(3-6)16-12(17)9-4-7(14)5-10(11(9)15)20(13,18)19/h4-6,8H,2-3H2,1H3,(H,16,17). The fraction of sp³-hybridized carbons (Fsp3) is 0.417. The van der Waals surface area contributed by atoms with E-state index >= 15 is 0 Å². The van der Waals surface area contributed by atoms with Crippen LogP contribution in [0.1, 0.15) is 30.1 Å². The number of hydrogen-bond donors (Lipinski definition) is 1. The number of amides is 1. The van der Waals surface area contributed by atoms with Crippen LogP contribution in [-0.2, 0) is 9.05 Å². The summed E-state index contributed by atoms with van der Waals surface area (Å²) in [6.07, 6.45) is 1.51. The predicted molar refractivity (Wildman–Crippen MR) is 69.0 cm³/mol. The monoisotopic (exact) mass is 323 g/mol. The summed E-state index contributed by atoms with van der Waals surface area (Å²) in [5.74, 6) is -2.76. The first-order chi connectivity index (χ1) is 9.18. The molecule has 0 spiro atoms. The molecule has 0 unspecified atom stereocenters. The smallest absolute Gasteiger partial charge is 0.264 e. The zero-order valence-electron chi connectivity index (χ0n) is 10.5. The van der Waals surface area contributed by atoms with Crippen LogP contribution in [0.5, 0.6) is 0 Å². The number of hydrogen-bond acceptors (Lipinski definition) is 3. The van der Waals surface area contributed by atoms with Gasteiger partial charge in [-0.2, -0.15) is 0 Å². The van der Waals surface area contributed by atoms with Gasteiger partial charge in [-0.3, -0.25) is 4.79 Å². The molecule has 110 valence electrons. The maximum atomic E-state index is 14.0. The predicted octanol–water partition coefficient (Wildman–Crippen LogP) is 2.42. The Morgan fingerprint density at radius 3 is 2.45 bits per heavy atom. The Kier molecular flexibility index (Phi) is 4.02. The van der Waals surface area contributed by atoms with Crippen LogP contribution >= 0.6 is 10.7 Å². The van der Waals surface area contributed by atoms with Crippen molar-refractivity contribution in [2.45, 2.75) is 30.7 Å². The number of halogens is 3. The van der Waals surface area contributed by atoms with E-state index in [1.165, 1.54) is 0 Å². The van der Waals surface area contributed by atoms with Crippen molar-refractivity contribution in [3.05, 3.63) is 29.3 Å². The number of carbonyl (C=O) groups excluding carboxylic acids is 1. The second-order valence-corrected chi connectivity index (χ2v) is 7.48. The van der Waals surface area contributed by atoms with Crippen LogP contribution in [0.15, 0.2) is 17.0 Å². The topological polar surface area (TPSA) is 63.2 Å².